The molecule has 0 aliphatic heterocycles. The molecular formula is C15H16N4. The normalized spacial score (nSPS) is 12.7. The Morgan fingerprint density at radius 3 is 2.68 bits per heavy atom. The van der Waals surface area contributed by atoms with E-state index in [2.05, 4.69) is 52.8 Å². The highest BCUT2D eigenvalue weighted by Crippen LogP contribution is 2.19. The van der Waals surface area contributed by atoms with Crippen molar-refractivity contribution in [3.63, 3.8) is 0 Å². The third kappa shape index (κ3) is 2.35. The van der Waals surface area contributed by atoms with Gasteiger partial charge in [-0.1, -0.05) is 47.7 Å². The van der Waals surface area contributed by atoms with Crippen molar-refractivity contribution in [3.05, 3.63) is 59.9 Å². The molecule has 1 atom stereocenters. The fourth-order valence-corrected chi connectivity index (χ4v) is 2.36. The zero-order valence-electron chi connectivity index (χ0n) is 10.8. The highest BCUT2D eigenvalue weighted by atomic mass is 15.4. The molecule has 0 radical (unpaired) electrons. The van der Waals surface area contributed by atoms with Gasteiger partial charge >= 0.3 is 0 Å². The minimum atomic E-state index is -0.0823. The summed E-state index contributed by atoms with van der Waals surface area (Å²) >= 11 is 0. The van der Waals surface area contributed by atoms with Gasteiger partial charge in [-0.15, -0.1) is 5.10 Å². The molecule has 1 heterocycles. The maximum Gasteiger partial charge on any atom is 0.0754 e. The number of benzene rings is 2. The largest absolute Gasteiger partial charge is 0.322 e. The molecule has 0 aliphatic rings. The smallest absolute Gasteiger partial charge is 0.0754 e. The van der Waals surface area contributed by atoms with Gasteiger partial charge < -0.3 is 5.73 Å². The number of fused-ring (bicyclic) bond motifs is 1. The summed E-state index contributed by atoms with van der Waals surface area (Å²) in [5, 5.41) is 10.3. The van der Waals surface area contributed by atoms with Gasteiger partial charge in [-0.3, -0.25) is 4.68 Å². The predicted octanol–water partition coefficient (Wildman–Crippen LogP) is 2.21. The van der Waals surface area contributed by atoms with Crippen LogP contribution in [-0.2, 0) is 13.5 Å². The summed E-state index contributed by atoms with van der Waals surface area (Å²) in [5.41, 5.74) is 8.40. The van der Waals surface area contributed by atoms with Crippen LogP contribution in [0.15, 0.2) is 48.7 Å². The van der Waals surface area contributed by atoms with Gasteiger partial charge in [-0.05, 0) is 22.8 Å². The van der Waals surface area contributed by atoms with Crippen LogP contribution in [0.5, 0.6) is 0 Å². The molecule has 4 heteroatoms. The molecule has 0 saturated heterocycles. The Bertz CT molecular complexity index is 702. The highest BCUT2D eigenvalue weighted by Gasteiger charge is 2.11. The molecule has 1 aromatic heterocycles. The van der Waals surface area contributed by atoms with Crippen molar-refractivity contribution in [1.82, 2.24) is 15.0 Å². The maximum atomic E-state index is 6.22. The van der Waals surface area contributed by atoms with Crippen molar-refractivity contribution in [2.45, 2.75) is 12.5 Å². The van der Waals surface area contributed by atoms with E-state index in [1.54, 1.807) is 10.9 Å². The number of nitrogens with zero attached hydrogens (tertiary/aromatic N) is 3. The van der Waals surface area contributed by atoms with Crippen molar-refractivity contribution in [2.75, 3.05) is 0 Å². The van der Waals surface area contributed by atoms with Gasteiger partial charge in [0.25, 0.3) is 0 Å². The van der Waals surface area contributed by atoms with Crippen molar-refractivity contribution >= 4 is 10.8 Å². The van der Waals surface area contributed by atoms with Crippen molar-refractivity contribution in [1.29, 1.82) is 0 Å². The Kier molecular flexibility index (Phi) is 3.01. The lowest BCUT2D eigenvalue weighted by molar-refractivity contribution is 0.607. The van der Waals surface area contributed by atoms with Gasteiger partial charge in [-0.2, -0.15) is 0 Å². The summed E-state index contributed by atoms with van der Waals surface area (Å²) in [7, 11) is 1.86. The molecule has 19 heavy (non-hydrogen) atoms. The number of aromatic nitrogens is 3. The third-order valence-corrected chi connectivity index (χ3v) is 3.40. The molecule has 0 spiro atoms. The molecule has 3 aromatic rings. The zero-order valence-corrected chi connectivity index (χ0v) is 10.8. The molecule has 0 fully saturated rings. The topological polar surface area (TPSA) is 56.7 Å². The Morgan fingerprint density at radius 2 is 1.95 bits per heavy atom. The van der Waals surface area contributed by atoms with E-state index >= 15 is 0 Å². The van der Waals surface area contributed by atoms with E-state index in [1.807, 2.05) is 7.05 Å². The fourth-order valence-electron chi connectivity index (χ4n) is 2.36. The van der Waals surface area contributed by atoms with Gasteiger partial charge in [0, 0.05) is 7.05 Å². The number of nitrogens with two attached hydrogens (primary N) is 1. The Hall–Kier alpha value is -2.20. The average molecular weight is 252 g/mol. The molecule has 4 nitrogen and oxygen atoms in total. The molecule has 3 rings (SSSR count). The lowest BCUT2D eigenvalue weighted by atomic mass is 10.0. The first-order valence-corrected chi connectivity index (χ1v) is 6.32. The molecule has 2 aromatic carbocycles. The van der Waals surface area contributed by atoms with Crippen LogP contribution >= 0.6 is 0 Å². The summed E-state index contributed by atoms with van der Waals surface area (Å²) in [5.74, 6) is 0. The molecular weight excluding hydrogens is 236 g/mol. The van der Waals surface area contributed by atoms with Gasteiger partial charge in [0.05, 0.1) is 17.9 Å². The standard InChI is InChI=1S/C15H16N4/c1-19-15(10-17-18-19)14(16)9-11-6-7-12-4-2-3-5-13(12)8-11/h2-8,10,14H,9,16H2,1H3. The van der Waals surface area contributed by atoms with Crippen LogP contribution in [0.2, 0.25) is 0 Å². The number of hydrogen-bond donors (Lipinski definition) is 1. The van der Waals surface area contributed by atoms with Crippen molar-refractivity contribution in [3.8, 4) is 0 Å². The van der Waals surface area contributed by atoms with Gasteiger partial charge in [0.15, 0.2) is 0 Å². The first-order valence-electron chi connectivity index (χ1n) is 6.32. The minimum absolute atomic E-state index is 0.0823. The van der Waals surface area contributed by atoms with Gasteiger partial charge in [0.2, 0.25) is 0 Å². The van der Waals surface area contributed by atoms with E-state index in [0.717, 1.165) is 12.1 Å². The lowest BCUT2D eigenvalue weighted by Crippen LogP contribution is -2.17. The van der Waals surface area contributed by atoms with E-state index in [9.17, 15) is 0 Å². The molecule has 1 unspecified atom stereocenters. The van der Waals surface area contributed by atoms with Gasteiger partial charge in [-0.25, -0.2) is 0 Å². The van der Waals surface area contributed by atoms with Crippen LogP contribution in [0.4, 0.5) is 0 Å². The molecule has 0 saturated carbocycles. The molecule has 0 aliphatic carbocycles. The van der Waals surface area contributed by atoms with Crippen LogP contribution in [-0.4, -0.2) is 15.0 Å². The summed E-state index contributed by atoms with van der Waals surface area (Å²) in [6.45, 7) is 0. The zero-order chi connectivity index (χ0) is 13.2. The van der Waals surface area contributed by atoms with Crippen LogP contribution in [0, 0.1) is 0 Å². The summed E-state index contributed by atoms with van der Waals surface area (Å²) in [6, 6.07) is 14.7. The molecule has 0 bridgehead atoms. The van der Waals surface area contributed by atoms with E-state index in [0.29, 0.717) is 0 Å². The molecule has 96 valence electrons. The lowest BCUT2D eigenvalue weighted by Gasteiger charge is -2.11. The van der Waals surface area contributed by atoms with Crippen LogP contribution in [0.3, 0.4) is 0 Å². The van der Waals surface area contributed by atoms with Crippen LogP contribution < -0.4 is 5.73 Å². The monoisotopic (exact) mass is 252 g/mol. The number of aryl methyl sites for hydroxylation is 1. The second kappa shape index (κ2) is 4.82. The maximum absolute atomic E-state index is 6.22. The van der Waals surface area contributed by atoms with Crippen LogP contribution in [0.1, 0.15) is 17.3 Å². The predicted molar refractivity (Wildman–Crippen MR) is 75.6 cm³/mol. The summed E-state index contributed by atoms with van der Waals surface area (Å²) in [4.78, 5) is 0. The van der Waals surface area contributed by atoms with E-state index < -0.39 is 0 Å². The fraction of sp³-hybridized carbons (Fsp3) is 0.200. The second-order valence-corrected chi connectivity index (χ2v) is 4.77. The summed E-state index contributed by atoms with van der Waals surface area (Å²) < 4.78 is 1.73. The Labute approximate surface area is 111 Å². The van der Waals surface area contributed by atoms with E-state index in [-0.39, 0.29) is 6.04 Å². The average Bonchev–Trinajstić information content (AvgIpc) is 2.85. The molecule has 2 N–H and O–H groups in total. The van der Waals surface area contributed by atoms with Crippen LogP contribution in [0.25, 0.3) is 10.8 Å². The second-order valence-electron chi connectivity index (χ2n) is 4.77. The summed E-state index contributed by atoms with van der Waals surface area (Å²) in [6.07, 6.45) is 2.51. The highest BCUT2D eigenvalue weighted by molar-refractivity contribution is 5.82. The molecule has 0 amide bonds. The van der Waals surface area contributed by atoms with E-state index in [4.69, 9.17) is 5.73 Å². The number of hydrogen-bond acceptors (Lipinski definition) is 3. The van der Waals surface area contributed by atoms with Crippen molar-refractivity contribution < 1.29 is 0 Å². The third-order valence-electron chi connectivity index (χ3n) is 3.40. The first-order chi connectivity index (χ1) is 9.24. The quantitative estimate of drug-likeness (QED) is 0.777. The van der Waals surface area contributed by atoms with Crippen molar-refractivity contribution in [2.24, 2.45) is 12.8 Å². The number of rotatable bonds is 3. The SMILES string of the molecule is Cn1nncc1C(N)Cc1ccc2ccccc2c1. The van der Waals surface area contributed by atoms with Gasteiger partial charge in [0.1, 0.15) is 0 Å². The Balaban J connectivity index is 1.87. The van der Waals surface area contributed by atoms with E-state index in [1.165, 1.54) is 16.3 Å². The first kappa shape index (κ1) is 11.9. The Morgan fingerprint density at radius 1 is 1.16 bits per heavy atom. The minimum Gasteiger partial charge on any atom is -0.322 e.